The summed E-state index contributed by atoms with van der Waals surface area (Å²) in [6.07, 6.45) is -4.62. The normalized spacial score (nSPS) is 11.4. The van der Waals surface area contributed by atoms with Gasteiger partial charge in [0.25, 0.3) is 0 Å². The maximum atomic E-state index is 13.0. The molecule has 100 valence electrons. The molecule has 0 heterocycles. The molecule has 0 aromatic heterocycles. The third-order valence-electron chi connectivity index (χ3n) is 2.41. The molecule has 0 aliphatic heterocycles. The number of esters is 1. The van der Waals surface area contributed by atoms with Gasteiger partial charge in [0.1, 0.15) is 11.3 Å². The highest BCUT2D eigenvalue weighted by Gasteiger charge is 2.39. The van der Waals surface area contributed by atoms with E-state index in [0.717, 1.165) is 12.1 Å². The van der Waals surface area contributed by atoms with Crippen LogP contribution in [0.2, 0.25) is 0 Å². The Morgan fingerprint density at radius 1 is 1.33 bits per heavy atom. The van der Waals surface area contributed by atoms with Crippen molar-refractivity contribution in [1.29, 1.82) is 0 Å². The van der Waals surface area contributed by atoms with Crippen LogP contribution in [0.25, 0.3) is 0 Å². The highest BCUT2D eigenvalue weighted by Crippen LogP contribution is 2.38. The maximum absolute atomic E-state index is 13.0. The molecule has 0 saturated carbocycles. The van der Waals surface area contributed by atoms with E-state index in [0.29, 0.717) is 0 Å². The van der Waals surface area contributed by atoms with Crippen molar-refractivity contribution in [3.63, 3.8) is 0 Å². The number of alkyl halides is 3. The SMILES string of the molecule is CCOC(=O)c1c(O)ccc(CC)c1C(F)(F)F. The van der Waals surface area contributed by atoms with Crippen LogP contribution in [0.15, 0.2) is 12.1 Å². The highest BCUT2D eigenvalue weighted by molar-refractivity contribution is 5.94. The van der Waals surface area contributed by atoms with Gasteiger partial charge in [-0.15, -0.1) is 0 Å². The van der Waals surface area contributed by atoms with E-state index in [1.807, 2.05) is 0 Å². The van der Waals surface area contributed by atoms with Crippen molar-refractivity contribution in [3.05, 3.63) is 28.8 Å². The minimum absolute atomic E-state index is 0.0525. The van der Waals surface area contributed by atoms with Gasteiger partial charge in [-0.2, -0.15) is 13.2 Å². The highest BCUT2D eigenvalue weighted by atomic mass is 19.4. The summed E-state index contributed by atoms with van der Waals surface area (Å²) in [5.74, 6) is -1.89. The average Bonchev–Trinajstić information content (AvgIpc) is 2.27. The number of aromatic hydroxyl groups is 1. The third-order valence-corrected chi connectivity index (χ3v) is 2.41. The zero-order valence-electron chi connectivity index (χ0n) is 9.97. The fraction of sp³-hybridized carbons (Fsp3) is 0.417. The van der Waals surface area contributed by atoms with Gasteiger partial charge in [-0.25, -0.2) is 4.79 Å². The summed E-state index contributed by atoms with van der Waals surface area (Å²) in [6.45, 7) is 2.95. The van der Waals surface area contributed by atoms with Crippen molar-refractivity contribution in [1.82, 2.24) is 0 Å². The molecular weight excluding hydrogens is 249 g/mol. The van der Waals surface area contributed by atoms with Crippen LogP contribution in [-0.2, 0) is 17.3 Å². The van der Waals surface area contributed by atoms with Crippen LogP contribution in [0.3, 0.4) is 0 Å². The van der Waals surface area contributed by atoms with E-state index in [-0.39, 0.29) is 18.6 Å². The molecule has 1 N–H and O–H groups in total. The standard InChI is InChI=1S/C12H13F3O3/c1-3-7-5-6-8(16)9(11(17)18-4-2)10(7)12(13,14)15/h5-6,16H,3-4H2,1-2H3. The van der Waals surface area contributed by atoms with Crippen LogP contribution >= 0.6 is 0 Å². The molecule has 0 aliphatic carbocycles. The third kappa shape index (κ3) is 2.75. The first kappa shape index (κ1) is 14.3. The minimum Gasteiger partial charge on any atom is -0.507 e. The van der Waals surface area contributed by atoms with Crippen molar-refractivity contribution in [2.45, 2.75) is 26.4 Å². The number of halogens is 3. The molecule has 3 nitrogen and oxygen atoms in total. The Morgan fingerprint density at radius 3 is 2.39 bits per heavy atom. The molecule has 0 bridgehead atoms. The molecule has 0 radical (unpaired) electrons. The van der Waals surface area contributed by atoms with E-state index in [4.69, 9.17) is 0 Å². The smallest absolute Gasteiger partial charge is 0.417 e. The van der Waals surface area contributed by atoms with Gasteiger partial charge in [0.2, 0.25) is 0 Å². The van der Waals surface area contributed by atoms with Crippen LogP contribution < -0.4 is 0 Å². The van der Waals surface area contributed by atoms with Gasteiger partial charge in [0.05, 0.1) is 12.2 Å². The first-order valence-corrected chi connectivity index (χ1v) is 5.42. The van der Waals surface area contributed by atoms with E-state index in [9.17, 15) is 23.1 Å². The molecular formula is C12H13F3O3. The van der Waals surface area contributed by atoms with E-state index in [2.05, 4.69) is 4.74 Å². The van der Waals surface area contributed by atoms with Crippen molar-refractivity contribution < 1.29 is 27.8 Å². The van der Waals surface area contributed by atoms with Gasteiger partial charge in [-0.05, 0) is 25.0 Å². The number of carbonyl (C=O) groups is 1. The average molecular weight is 262 g/mol. The van der Waals surface area contributed by atoms with Crippen molar-refractivity contribution >= 4 is 5.97 Å². The molecule has 1 aromatic rings. The Bertz CT molecular complexity index is 453. The first-order chi connectivity index (χ1) is 8.32. The van der Waals surface area contributed by atoms with Crippen molar-refractivity contribution in [3.8, 4) is 5.75 Å². The van der Waals surface area contributed by atoms with Crippen molar-refractivity contribution in [2.75, 3.05) is 6.61 Å². The molecule has 1 aromatic carbocycles. The van der Waals surface area contributed by atoms with Crippen LogP contribution in [0.1, 0.15) is 35.3 Å². The fourth-order valence-corrected chi connectivity index (χ4v) is 1.66. The lowest BCUT2D eigenvalue weighted by atomic mass is 9.97. The zero-order chi connectivity index (χ0) is 13.9. The fourth-order valence-electron chi connectivity index (χ4n) is 1.66. The molecule has 0 amide bonds. The number of rotatable bonds is 3. The number of aryl methyl sites for hydroxylation is 1. The molecule has 0 saturated heterocycles. The summed E-state index contributed by atoms with van der Waals surface area (Å²) in [6, 6.07) is 2.22. The maximum Gasteiger partial charge on any atom is 0.417 e. The lowest BCUT2D eigenvalue weighted by Crippen LogP contribution is -2.18. The molecule has 0 aliphatic rings. The molecule has 0 spiro atoms. The summed E-state index contributed by atoms with van der Waals surface area (Å²) < 4.78 is 43.4. The number of phenolic OH excluding ortho intramolecular Hbond substituents is 1. The van der Waals surface area contributed by atoms with Crippen LogP contribution in [0.5, 0.6) is 5.75 Å². The van der Waals surface area contributed by atoms with Crippen LogP contribution in [-0.4, -0.2) is 17.7 Å². The topological polar surface area (TPSA) is 46.5 Å². The minimum atomic E-state index is -4.72. The second-order valence-electron chi connectivity index (χ2n) is 3.57. The largest absolute Gasteiger partial charge is 0.507 e. The van der Waals surface area contributed by atoms with Gasteiger partial charge in [-0.3, -0.25) is 0 Å². The molecule has 6 heteroatoms. The van der Waals surface area contributed by atoms with Gasteiger partial charge >= 0.3 is 12.1 Å². The molecule has 18 heavy (non-hydrogen) atoms. The quantitative estimate of drug-likeness (QED) is 0.851. The Morgan fingerprint density at radius 2 is 1.94 bits per heavy atom. The van der Waals surface area contributed by atoms with E-state index >= 15 is 0 Å². The van der Waals surface area contributed by atoms with Crippen LogP contribution in [0, 0.1) is 0 Å². The number of hydrogen-bond acceptors (Lipinski definition) is 3. The van der Waals surface area contributed by atoms with Crippen molar-refractivity contribution in [2.24, 2.45) is 0 Å². The Labute approximate surface area is 102 Å². The predicted octanol–water partition coefficient (Wildman–Crippen LogP) is 3.15. The number of phenols is 1. The van der Waals surface area contributed by atoms with Gasteiger partial charge < -0.3 is 9.84 Å². The van der Waals surface area contributed by atoms with Gasteiger partial charge in [0.15, 0.2) is 0 Å². The Hall–Kier alpha value is -1.72. The number of carbonyl (C=O) groups excluding carboxylic acids is 1. The number of hydrogen-bond donors (Lipinski definition) is 1. The lowest BCUT2D eigenvalue weighted by Gasteiger charge is -2.16. The second kappa shape index (κ2) is 5.29. The number of ether oxygens (including phenoxy) is 1. The molecule has 1 rings (SSSR count). The van der Waals surface area contributed by atoms with E-state index in [1.165, 1.54) is 13.8 Å². The van der Waals surface area contributed by atoms with Gasteiger partial charge in [0, 0.05) is 0 Å². The predicted molar refractivity (Wildman–Crippen MR) is 58.4 cm³/mol. The molecule has 0 fully saturated rings. The monoisotopic (exact) mass is 262 g/mol. The first-order valence-electron chi connectivity index (χ1n) is 5.42. The van der Waals surface area contributed by atoms with Gasteiger partial charge in [-0.1, -0.05) is 13.0 Å². The summed E-state index contributed by atoms with van der Waals surface area (Å²) in [5, 5.41) is 9.47. The van der Waals surface area contributed by atoms with E-state index in [1.54, 1.807) is 0 Å². The summed E-state index contributed by atoms with van der Waals surface area (Å²) in [5.41, 5.74) is -1.99. The zero-order valence-corrected chi connectivity index (χ0v) is 9.97. The molecule has 0 atom stereocenters. The summed E-state index contributed by atoms with van der Waals surface area (Å²) in [7, 11) is 0. The molecule has 0 unspecified atom stereocenters. The van der Waals surface area contributed by atoms with E-state index < -0.39 is 29.0 Å². The Kier molecular flexibility index (Phi) is 4.21. The summed E-state index contributed by atoms with van der Waals surface area (Å²) in [4.78, 5) is 11.5. The van der Waals surface area contributed by atoms with Crippen LogP contribution in [0.4, 0.5) is 13.2 Å². The summed E-state index contributed by atoms with van der Waals surface area (Å²) >= 11 is 0. The Balaban J connectivity index is 3.51. The second-order valence-corrected chi connectivity index (χ2v) is 3.57. The lowest BCUT2D eigenvalue weighted by molar-refractivity contribution is -0.138. The number of benzene rings is 1.